The van der Waals surface area contributed by atoms with Crippen LogP contribution in [0.1, 0.15) is 60.2 Å². The fourth-order valence-electron chi connectivity index (χ4n) is 2.48. The molecule has 0 spiro atoms. The van der Waals surface area contributed by atoms with Crippen molar-refractivity contribution in [3.8, 4) is 0 Å². The van der Waals surface area contributed by atoms with Crippen molar-refractivity contribution < 1.29 is 19.1 Å². The lowest BCUT2D eigenvalue weighted by atomic mass is 10.0. The summed E-state index contributed by atoms with van der Waals surface area (Å²) in [6.45, 7) is 6.15. The van der Waals surface area contributed by atoms with Crippen LogP contribution in [0.15, 0.2) is 42.5 Å². The molecule has 0 saturated heterocycles. The van der Waals surface area contributed by atoms with Crippen LogP contribution < -0.4 is 0 Å². The number of esters is 2. The van der Waals surface area contributed by atoms with Gasteiger partial charge in [-0.3, -0.25) is 0 Å². The predicted molar refractivity (Wildman–Crippen MR) is 104 cm³/mol. The highest BCUT2D eigenvalue weighted by Crippen LogP contribution is 2.15. The lowest BCUT2D eigenvalue weighted by Gasteiger charge is -2.20. The average Bonchev–Trinajstić information content (AvgIpc) is 2.67. The zero-order chi connectivity index (χ0) is 19.8. The molecule has 6 heteroatoms. The van der Waals surface area contributed by atoms with Crippen molar-refractivity contribution >= 4 is 23.5 Å². The summed E-state index contributed by atoms with van der Waals surface area (Å²) in [7, 11) is 0. The highest BCUT2D eigenvalue weighted by Gasteiger charge is 2.20. The molecule has 1 atom stereocenters. The highest BCUT2D eigenvalue weighted by atomic mass is 35.5. The van der Waals surface area contributed by atoms with Gasteiger partial charge in [0, 0.05) is 5.02 Å². The number of carbonyl (C=O) groups excluding carboxylic acids is 2. The predicted octanol–water partition coefficient (Wildman–Crippen LogP) is 5.07. The topological polar surface area (TPSA) is 65.5 Å². The van der Waals surface area contributed by atoms with Crippen molar-refractivity contribution in [1.29, 1.82) is 0 Å². The van der Waals surface area contributed by atoms with E-state index in [0.717, 1.165) is 18.4 Å². The average molecular weight is 390 g/mol. The van der Waals surface area contributed by atoms with E-state index >= 15 is 0 Å². The summed E-state index contributed by atoms with van der Waals surface area (Å²) in [5.41, 5.74) is 0.968. The molecule has 0 fully saturated rings. The van der Waals surface area contributed by atoms with Gasteiger partial charge in [-0.25, -0.2) is 14.6 Å². The third-order valence-electron chi connectivity index (χ3n) is 4.03. The minimum atomic E-state index is -0.603. The Morgan fingerprint density at radius 1 is 1.04 bits per heavy atom. The maximum Gasteiger partial charge on any atom is 0.357 e. The Labute approximate surface area is 164 Å². The van der Waals surface area contributed by atoms with Gasteiger partial charge in [-0.15, -0.1) is 0 Å². The highest BCUT2D eigenvalue weighted by molar-refractivity contribution is 6.30. The van der Waals surface area contributed by atoms with Crippen LogP contribution in [0.3, 0.4) is 0 Å². The number of carbonyl (C=O) groups is 2. The Bertz CT molecular complexity index is 774. The summed E-state index contributed by atoms with van der Waals surface area (Å²) < 4.78 is 10.8. The zero-order valence-electron chi connectivity index (χ0n) is 15.8. The summed E-state index contributed by atoms with van der Waals surface area (Å²) in [4.78, 5) is 28.7. The monoisotopic (exact) mass is 389 g/mol. The number of halogens is 1. The van der Waals surface area contributed by atoms with E-state index in [-0.39, 0.29) is 30.0 Å². The fourth-order valence-corrected chi connectivity index (χ4v) is 2.60. The van der Waals surface area contributed by atoms with Crippen molar-refractivity contribution in [3.63, 3.8) is 0 Å². The number of pyridine rings is 1. The summed E-state index contributed by atoms with van der Waals surface area (Å²) in [5.74, 6) is -0.926. The van der Waals surface area contributed by atoms with E-state index < -0.39 is 11.9 Å². The Hall–Kier alpha value is -2.40. The molecule has 0 amide bonds. The first-order chi connectivity index (χ1) is 12.9. The lowest BCUT2D eigenvalue weighted by molar-refractivity contribution is 0.0150. The van der Waals surface area contributed by atoms with Gasteiger partial charge >= 0.3 is 11.9 Å². The quantitative estimate of drug-likeness (QED) is 0.589. The summed E-state index contributed by atoms with van der Waals surface area (Å²) in [6.07, 6.45) is 1.53. The minimum absolute atomic E-state index is 0.0648. The van der Waals surface area contributed by atoms with E-state index in [4.69, 9.17) is 21.1 Å². The Kier molecular flexibility index (Phi) is 7.80. The van der Waals surface area contributed by atoms with Gasteiger partial charge in [-0.05, 0) is 42.2 Å². The minimum Gasteiger partial charge on any atom is -0.457 e. The number of ether oxygens (including phenoxy) is 2. The van der Waals surface area contributed by atoms with Crippen LogP contribution in [0, 0.1) is 5.92 Å². The van der Waals surface area contributed by atoms with E-state index in [1.54, 1.807) is 30.3 Å². The molecule has 0 N–H and O–H groups in total. The molecule has 27 heavy (non-hydrogen) atoms. The fraction of sp³-hybridized carbons (Fsp3) is 0.381. The van der Waals surface area contributed by atoms with E-state index in [2.05, 4.69) is 4.98 Å². The van der Waals surface area contributed by atoms with Gasteiger partial charge < -0.3 is 9.47 Å². The first kappa shape index (κ1) is 20.9. The van der Waals surface area contributed by atoms with Gasteiger partial charge in [0.05, 0.1) is 0 Å². The molecule has 1 aromatic carbocycles. The molecule has 0 aliphatic carbocycles. The maximum atomic E-state index is 12.4. The number of aromatic nitrogens is 1. The molecule has 0 radical (unpaired) electrons. The van der Waals surface area contributed by atoms with E-state index in [1.165, 1.54) is 12.1 Å². The second-order valence-corrected chi connectivity index (χ2v) is 7.02. The van der Waals surface area contributed by atoms with Crippen molar-refractivity contribution in [3.05, 3.63) is 64.4 Å². The van der Waals surface area contributed by atoms with Crippen LogP contribution in [-0.2, 0) is 16.1 Å². The lowest BCUT2D eigenvalue weighted by Crippen LogP contribution is -2.24. The SMILES string of the molecule is CCCC(OC(=O)c1cccc(C(=O)OCc2ccc(Cl)cc2)n1)C(C)C. The molecule has 2 aromatic rings. The van der Waals surface area contributed by atoms with Crippen molar-refractivity contribution in [1.82, 2.24) is 4.98 Å². The van der Waals surface area contributed by atoms with Crippen LogP contribution in [-0.4, -0.2) is 23.0 Å². The molecule has 0 bridgehead atoms. The molecule has 5 nitrogen and oxygen atoms in total. The summed E-state index contributed by atoms with van der Waals surface area (Å²) in [6, 6.07) is 11.6. The third kappa shape index (κ3) is 6.36. The first-order valence-electron chi connectivity index (χ1n) is 9.00. The number of rotatable bonds is 8. The number of nitrogens with zero attached hydrogens (tertiary/aromatic N) is 1. The Morgan fingerprint density at radius 3 is 2.26 bits per heavy atom. The number of benzene rings is 1. The molecular formula is C21H24ClNO4. The molecule has 1 aromatic heterocycles. The zero-order valence-corrected chi connectivity index (χ0v) is 16.5. The first-order valence-corrected chi connectivity index (χ1v) is 9.38. The normalized spacial score (nSPS) is 11.9. The van der Waals surface area contributed by atoms with Gasteiger partial charge in [0.2, 0.25) is 0 Å². The van der Waals surface area contributed by atoms with Gasteiger partial charge in [0.25, 0.3) is 0 Å². The van der Waals surface area contributed by atoms with Crippen molar-refractivity contribution in [2.75, 3.05) is 0 Å². The van der Waals surface area contributed by atoms with Crippen LogP contribution in [0.2, 0.25) is 5.02 Å². The molecule has 1 unspecified atom stereocenters. The summed E-state index contributed by atoms with van der Waals surface area (Å²) >= 11 is 5.83. The molecule has 0 aliphatic rings. The van der Waals surface area contributed by atoms with Crippen LogP contribution in [0.4, 0.5) is 0 Å². The molecule has 144 valence electrons. The summed E-state index contributed by atoms with van der Waals surface area (Å²) in [5, 5.41) is 0.612. The molecule has 0 saturated carbocycles. The maximum absolute atomic E-state index is 12.4. The van der Waals surface area contributed by atoms with Crippen molar-refractivity contribution in [2.45, 2.75) is 46.3 Å². The second-order valence-electron chi connectivity index (χ2n) is 6.59. The second kappa shape index (κ2) is 10.1. The third-order valence-corrected chi connectivity index (χ3v) is 4.28. The van der Waals surface area contributed by atoms with Gasteiger partial charge in [-0.1, -0.05) is 57.0 Å². The van der Waals surface area contributed by atoms with Gasteiger partial charge in [-0.2, -0.15) is 0 Å². The largest absolute Gasteiger partial charge is 0.457 e. The molecule has 0 aliphatic heterocycles. The van der Waals surface area contributed by atoms with E-state index in [1.807, 2.05) is 20.8 Å². The smallest absolute Gasteiger partial charge is 0.357 e. The molecular weight excluding hydrogens is 366 g/mol. The van der Waals surface area contributed by atoms with E-state index in [0.29, 0.717) is 5.02 Å². The molecule has 2 rings (SSSR count). The van der Waals surface area contributed by atoms with Crippen LogP contribution in [0.5, 0.6) is 0 Å². The standard InChI is InChI=1S/C21H24ClNO4/c1-4-6-19(14(2)3)27-21(25)18-8-5-7-17(23-18)20(24)26-13-15-9-11-16(22)12-10-15/h5,7-12,14,19H,4,6,13H2,1-3H3. The number of hydrogen-bond acceptors (Lipinski definition) is 5. The van der Waals surface area contributed by atoms with Gasteiger partial charge in [0.1, 0.15) is 24.1 Å². The Balaban J connectivity index is 2.01. The number of hydrogen-bond donors (Lipinski definition) is 0. The molecule has 1 heterocycles. The van der Waals surface area contributed by atoms with Crippen LogP contribution in [0.25, 0.3) is 0 Å². The van der Waals surface area contributed by atoms with Gasteiger partial charge in [0.15, 0.2) is 0 Å². The van der Waals surface area contributed by atoms with E-state index in [9.17, 15) is 9.59 Å². The Morgan fingerprint density at radius 2 is 1.67 bits per heavy atom. The van der Waals surface area contributed by atoms with Crippen LogP contribution >= 0.6 is 11.6 Å². The van der Waals surface area contributed by atoms with Crippen molar-refractivity contribution in [2.24, 2.45) is 5.92 Å².